The zero-order chi connectivity index (χ0) is 15.0. The normalized spacial score (nSPS) is 10.2. The molecule has 2 amide bonds. The molecule has 0 bridgehead atoms. The summed E-state index contributed by atoms with van der Waals surface area (Å²) in [6.45, 7) is -0.683. The van der Waals surface area contributed by atoms with E-state index in [0.29, 0.717) is 0 Å². The molecular weight excluding hydrogens is 267 g/mol. The second kappa shape index (κ2) is 8.23. The van der Waals surface area contributed by atoms with Gasteiger partial charge in [0, 0.05) is 13.1 Å². The second-order valence-electron chi connectivity index (χ2n) is 3.99. The molecule has 0 fully saturated rings. The molecule has 0 saturated carbocycles. The Morgan fingerprint density at radius 1 is 1.15 bits per heavy atom. The molecule has 0 heterocycles. The van der Waals surface area contributed by atoms with Gasteiger partial charge in [-0.3, -0.25) is 9.59 Å². The van der Waals surface area contributed by atoms with Gasteiger partial charge in [0.1, 0.15) is 5.82 Å². The van der Waals surface area contributed by atoms with Gasteiger partial charge in [0.05, 0.1) is 25.3 Å². The minimum Gasteiger partial charge on any atom is -0.395 e. The zero-order valence-corrected chi connectivity index (χ0v) is 10.9. The van der Waals surface area contributed by atoms with E-state index in [1.54, 1.807) is 0 Å². The number of halogens is 1. The summed E-state index contributed by atoms with van der Waals surface area (Å²) >= 11 is 0. The van der Waals surface area contributed by atoms with Gasteiger partial charge in [-0.05, 0) is 12.1 Å². The maximum absolute atomic E-state index is 13.3. The predicted octanol–water partition coefficient (Wildman–Crippen LogP) is -0.631. The molecule has 0 aliphatic carbocycles. The van der Waals surface area contributed by atoms with E-state index in [2.05, 4.69) is 5.32 Å². The summed E-state index contributed by atoms with van der Waals surface area (Å²) in [4.78, 5) is 24.6. The third-order valence-electron chi connectivity index (χ3n) is 2.61. The van der Waals surface area contributed by atoms with Gasteiger partial charge in [-0.2, -0.15) is 0 Å². The molecule has 3 N–H and O–H groups in total. The highest BCUT2D eigenvalue weighted by Crippen LogP contribution is 2.05. The minimum absolute atomic E-state index is 0.0644. The molecule has 0 spiro atoms. The van der Waals surface area contributed by atoms with E-state index in [-0.39, 0.29) is 38.4 Å². The second-order valence-corrected chi connectivity index (χ2v) is 3.99. The van der Waals surface area contributed by atoms with Gasteiger partial charge in [0.2, 0.25) is 5.91 Å². The lowest BCUT2D eigenvalue weighted by Gasteiger charge is -2.20. The maximum atomic E-state index is 13.3. The van der Waals surface area contributed by atoms with Crippen LogP contribution in [0.1, 0.15) is 10.4 Å². The number of aliphatic hydroxyl groups excluding tert-OH is 2. The lowest BCUT2D eigenvalue weighted by atomic mass is 10.2. The summed E-state index contributed by atoms with van der Waals surface area (Å²) in [5.41, 5.74) is -0.142. The third kappa shape index (κ3) is 4.60. The first-order valence-corrected chi connectivity index (χ1v) is 6.12. The molecule has 1 rings (SSSR count). The first kappa shape index (κ1) is 16.1. The Kier molecular flexibility index (Phi) is 6.61. The lowest BCUT2D eigenvalue weighted by Crippen LogP contribution is -2.42. The van der Waals surface area contributed by atoms with Gasteiger partial charge in [0.15, 0.2) is 0 Å². The molecule has 7 heteroatoms. The lowest BCUT2D eigenvalue weighted by molar-refractivity contribution is -0.131. The number of nitrogens with zero attached hydrogens (tertiary/aromatic N) is 1. The van der Waals surface area contributed by atoms with Crippen LogP contribution >= 0.6 is 0 Å². The first-order chi connectivity index (χ1) is 9.60. The van der Waals surface area contributed by atoms with E-state index >= 15 is 0 Å². The van der Waals surface area contributed by atoms with Crippen molar-refractivity contribution in [1.29, 1.82) is 0 Å². The SMILES string of the molecule is O=C(NCC(=O)N(CCO)CCO)c1ccccc1F. The highest BCUT2D eigenvalue weighted by Gasteiger charge is 2.15. The standard InChI is InChI=1S/C13H17FN2O4/c14-11-4-2-1-3-10(11)13(20)15-9-12(19)16(5-7-17)6-8-18/h1-4,17-18H,5-9H2,(H,15,20). The van der Waals surface area contributed by atoms with E-state index in [1.807, 2.05) is 0 Å². The van der Waals surface area contributed by atoms with Crippen LogP contribution in [-0.2, 0) is 4.79 Å². The van der Waals surface area contributed by atoms with E-state index < -0.39 is 17.6 Å². The van der Waals surface area contributed by atoms with Crippen LogP contribution in [0.4, 0.5) is 4.39 Å². The molecule has 110 valence electrons. The van der Waals surface area contributed by atoms with Gasteiger partial charge >= 0.3 is 0 Å². The molecule has 0 unspecified atom stereocenters. The Morgan fingerprint density at radius 3 is 2.30 bits per heavy atom. The van der Waals surface area contributed by atoms with E-state index in [9.17, 15) is 14.0 Å². The largest absolute Gasteiger partial charge is 0.395 e. The van der Waals surface area contributed by atoms with Crippen molar-refractivity contribution >= 4 is 11.8 Å². The van der Waals surface area contributed by atoms with Crippen molar-refractivity contribution in [2.45, 2.75) is 0 Å². The zero-order valence-electron chi connectivity index (χ0n) is 10.9. The number of rotatable bonds is 7. The van der Waals surface area contributed by atoms with Crippen molar-refractivity contribution in [2.75, 3.05) is 32.8 Å². The number of carbonyl (C=O) groups is 2. The number of aliphatic hydroxyl groups is 2. The van der Waals surface area contributed by atoms with Crippen LogP contribution < -0.4 is 5.32 Å². The molecule has 0 aliphatic rings. The van der Waals surface area contributed by atoms with Crippen molar-refractivity contribution in [3.05, 3.63) is 35.6 Å². The predicted molar refractivity (Wildman–Crippen MR) is 69.5 cm³/mol. The number of nitrogens with one attached hydrogen (secondary N) is 1. The fourth-order valence-corrected chi connectivity index (χ4v) is 1.61. The van der Waals surface area contributed by atoms with Crippen LogP contribution in [0.25, 0.3) is 0 Å². The van der Waals surface area contributed by atoms with Crippen molar-refractivity contribution in [2.24, 2.45) is 0 Å². The summed E-state index contributed by atoms with van der Waals surface area (Å²) in [7, 11) is 0. The molecule has 1 aromatic rings. The van der Waals surface area contributed by atoms with Crippen molar-refractivity contribution in [3.63, 3.8) is 0 Å². The topological polar surface area (TPSA) is 89.9 Å². The number of hydrogen-bond donors (Lipinski definition) is 3. The third-order valence-corrected chi connectivity index (χ3v) is 2.61. The first-order valence-electron chi connectivity index (χ1n) is 6.12. The molecule has 0 aromatic heterocycles. The molecule has 20 heavy (non-hydrogen) atoms. The van der Waals surface area contributed by atoms with Gasteiger partial charge in [-0.25, -0.2) is 4.39 Å². The molecule has 0 saturated heterocycles. The van der Waals surface area contributed by atoms with Crippen molar-refractivity contribution < 1.29 is 24.2 Å². The minimum atomic E-state index is -0.690. The fourth-order valence-electron chi connectivity index (χ4n) is 1.61. The molecule has 0 atom stereocenters. The Bertz CT molecular complexity index is 461. The number of hydrogen-bond acceptors (Lipinski definition) is 4. The highest BCUT2D eigenvalue weighted by atomic mass is 19.1. The Labute approximate surface area is 115 Å². The number of amides is 2. The van der Waals surface area contributed by atoms with Gasteiger partial charge in [-0.1, -0.05) is 12.1 Å². The van der Waals surface area contributed by atoms with E-state index in [0.717, 1.165) is 6.07 Å². The summed E-state index contributed by atoms with van der Waals surface area (Å²) < 4.78 is 13.3. The summed E-state index contributed by atoms with van der Waals surface area (Å²) in [6.07, 6.45) is 0. The van der Waals surface area contributed by atoms with E-state index in [4.69, 9.17) is 10.2 Å². The Morgan fingerprint density at radius 2 is 1.75 bits per heavy atom. The fraction of sp³-hybridized carbons (Fsp3) is 0.385. The van der Waals surface area contributed by atoms with Crippen LogP contribution in [0.15, 0.2) is 24.3 Å². The van der Waals surface area contributed by atoms with Crippen LogP contribution in [0.3, 0.4) is 0 Å². The van der Waals surface area contributed by atoms with Crippen LogP contribution in [-0.4, -0.2) is 59.8 Å². The quantitative estimate of drug-likeness (QED) is 0.622. The monoisotopic (exact) mass is 284 g/mol. The number of benzene rings is 1. The molecule has 0 radical (unpaired) electrons. The van der Waals surface area contributed by atoms with Crippen molar-refractivity contribution in [1.82, 2.24) is 10.2 Å². The Balaban J connectivity index is 2.55. The number of carbonyl (C=O) groups excluding carboxylic acids is 2. The smallest absolute Gasteiger partial charge is 0.254 e. The van der Waals surface area contributed by atoms with E-state index in [1.165, 1.54) is 23.1 Å². The summed E-state index contributed by atoms with van der Waals surface area (Å²) in [5, 5.41) is 19.9. The van der Waals surface area contributed by atoms with Gasteiger partial charge in [-0.15, -0.1) is 0 Å². The maximum Gasteiger partial charge on any atom is 0.254 e. The molecule has 0 aliphatic heterocycles. The van der Waals surface area contributed by atoms with Crippen LogP contribution in [0.2, 0.25) is 0 Å². The highest BCUT2D eigenvalue weighted by molar-refractivity contribution is 5.96. The van der Waals surface area contributed by atoms with Gasteiger partial charge < -0.3 is 20.4 Å². The average molecular weight is 284 g/mol. The van der Waals surface area contributed by atoms with Crippen LogP contribution in [0.5, 0.6) is 0 Å². The summed E-state index contributed by atoms with van der Waals surface area (Å²) in [6, 6.07) is 5.44. The van der Waals surface area contributed by atoms with Crippen LogP contribution in [0, 0.1) is 5.82 Å². The Hall–Kier alpha value is -1.99. The average Bonchev–Trinajstić information content (AvgIpc) is 2.44. The molecule has 1 aromatic carbocycles. The van der Waals surface area contributed by atoms with Gasteiger partial charge in [0.25, 0.3) is 5.91 Å². The molecule has 6 nitrogen and oxygen atoms in total. The summed E-state index contributed by atoms with van der Waals surface area (Å²) in [5.74, 6) is -1.82. The molecular formula is C13H17FN2O4. The van der Waals surface area contributed by atoms with Crippen molar-refractivity contribution in [3.8, 4) is 0 Å².